The van der Waals surface area contributed by atoms with Crippen molar-refractivity contribution in [2.24, 2.45) is 0 Å². The van der Waals surface area contributed by atoms with Crippen molar-refractivity contribution in [2.75, 3.05) is 23.7 Å². The zero-order chi connectivity index (χ0) is 22.9. The first-order valence-electron chi connectivity index (χ1n) is 9.74. The summed E-state index contributed by atoms with van der Waals surface area (Å²) in [5, 5.41) is 9.12. The fourth-order valence-corrected chi connectivity index (χ4v) is 4.53. The van der Waals surface area contributed by atoms with E-state index in [1.54, 1.807) is 31.2 Å². The molecule has 1 aliphatic heterocycles. The minimum atomic E-state index is -0.591. The smallest absolute Gasteiger partial charge is 0.324 e. The summed E-state index contributed by atoms with van der Waals surface area (Å²) in [5.74, 6) is -0.501. The molecule has 3 N–H and O–H groups in total. The van der Waals surface area contributed by atoms with E-state index in [2.05, 4.69) is 16.0 Å². The number of hydrogen-bond acceptors (Lipinski definition) is 4. The van der Waals surface area contributed by atoms with Crippen molar-refractivity contribution in [2.45, 2.75) is 39.2 Å². The molecular formula is C21H24Cl2N4O3S. The molecule has 3 rings (SSSR count). The van der Waals surface area contributed by atoms with Crippen molar-refractivity contribution in [1.29, 1.82) is 0 Å². The van der Waals surface area contributed by atoms with Crippen LogP contribution in [0.2, 0.25) is 10.0 Å². The normalized spacial score (nSPS) is 16.6. The molecule has 0 bridgehead atoms. The second kappa shape index (κ2) is 9.06. The van der Waals surface area contributed by atoms with Gasteiger partial charge in [0.05, 0.1) is 21.3 Å². The van der Waals surface area contributed by atoms with Gasteiger partial charge in [-0.05, 0) is 30.5 Å². The Labute approximate surface area is 195 Å². The van der Waals surface area contributed by atoms with E-state index in [-0.39, 0.29) is 22.3 Å². The highest BCUT2D eigenvalue weighted by atomic mass is 35.5. The molecule has 1 aromatic carbocycles. The monoisotopic (exact) mass is 482 g/mol. The third-order valence-corrected chi connectivity index (χ3v) is 7.18. The van der Waals surface area contributed by atoms with Gasteiger partial charge in [-0.3, -0.25) is 14.9 Å². The van der Waals surface area contributed by atoms with Crippen LogP contribution < -0.4 is 16.0 Å². The van der Waals surface area contributed by atoms with Crippen LogP contribution in [0.5, 0.6) is 0 Å². The Morgan fingerprint density at radius 3 is 2.61 bits per heavy atom. The van der Waals surface area contributed by atoms with Crippen LogP contribution in [-0.2, 0) is 10.2 Å². The van der Waals surface area contributed by atoms with Crippen LogP contribution in [0.25, 0.3) is 0 Å². The highest BCUT2D eigenvalue weighted by Crippen LogP contribution is 2.37. The van der Waals surface area contributed by atoms with Crippen molar-refractivity contribution in [1.82, 2.24) is 10.2 Å². The zero-order valence-electron chi connectivity index (χ0n) is 17.6. The van der Waals surface area contributed by atoms with Gasteiger partial charge >= 0.3 is 6.03 Å². The quantitative estimate of drug-likeness (QED) is 0.577. The topological polar surface area (TPSA) is 90.5 Å². The van der Waals surface area contributed by atoms with Crippen molar-refractivity contribution in [3.63, 3.8) is 0 Å². The lowest BCUT2D eigenvalue weighted by Crippen LogP contribution is -2.55. The molecule has 0 aliphatic carbocycles. The lowest BCUT2D eigenvalue weighted by Gasteiger charge is -2.32. The summed E-state index contributed by atoms with van der Waals surface area (Å²) in [7, 11) is 0. The number of piperazine rings is 1. The van der Waals surface area contributed by atoms with Crippen molar-refractivity contribution in [3.05, 3.63) is 44.8 Å². The molecule has 1 unspecified atom stereocenters. The molecule has 1 aliphatic rings. The minimum Gasteiger partial charge on any atom is -0.353 e. The van der Waals surface area contributed by atoms with Gasteiger partial charge in [-0.25, -0.2) is 4.79 Å². The first kappa shape index (κ1) is 23.4. The van der Waals surface area contributed by atoms with Crippen LogP contribution in [0, 0.1) is 0 Å². The number of rotatable bonds is 3. The Kier molecular flexibility index (Phi) is 6.83. The molecule has 166 valence electrons. The van der Waals surface area contributed by atoms with Crippen molar-refractivity contribution in [3.8, 4) is 0 Å². The minimum absolute atomic E-state index is 0.200. The molecule has 2 aromatic rings. The molecule has 0 saturated carbocycles. The van der Waals surface area contributed by atoms with Crippen LogP contribution in [0.3, 0.4) is 0 Å². The Bertz CT molecular complexity index is 1030. The van der Waals surface area contributed by atoms with Crippen LogP contribution in [0.15, 0.2) is 24.3 Å². The van der Waals surface area contributed by atoms with Gasteiger partial charge in [0.15, 0.2) is 0 Å². The highest BCUT2D eigenvalue weighted by Gasteiger charge is 2.33. The summed E-state index contributed by atoms with van der Waals surface area (Å²) in [4.78, 5) is 40.4. The van der Waals surface area contributed by atoms with Gasteiger partial charge in [-0.2, -0.15) is 0 Å². The molecule has 1 saturated heterocycles. The molecule has 1 fully saturated rings. The number of nitrogens with one attached hydrogen (secondary N) is 3. The summed E-state index contributed by atoms with van der Waals surface area (Å²) >= 11 is 13.5. The molecule has 1 aromatic heterocycles. The summed E-state index contributed by atoms with van der Waals surface area (Å²) in [6.45, 7) is 8.56. The first-order chi connectivity index (χ1) is 14.5. The fourth-order valence-electron chi connectivity index (χ4n) is 3.08. The number of carbonyl (C=O) groups is 3. The van der Waals surface area contributed by atoms with E-state index >= 15 is 0 Å². The standard InChI is InChI=1S/C21H24Cl2N4O3S/c1-11-17(28)24-8-9-27(11)19(29)12-10-15(21(2,3)4)31-18(12)26-20(30)25-14-7-5-6-13(22)16(14)23/h5-7,10-11H,8-9H2,1-4H3,(H,24,28)(H2,25,26,30). The van der Waals surface area contributed by atoms with Crippen molar-refractivity contribution < 1.29 is 14.4 Å². The summed E-state index contributed by atoms with van der Waals surface area (Å²) in [6.07, 6.45) is 0. The molecule has 0 radical (unpaired) electrons. The summed E-state index contributed by atoms with van der Waals surface area (Å²) in [6, 6.07) is 5.56. The van der Waals surface area contributed by atoms with Gasteiger partial charge < -0.3 is 15.5 Å². The number of carbonyl (C=O) groups excluding carboxylic acids is 3. The molecule has 2 heterocycles. The maximum absolute atomic E-state index is 13.3. The average molecular weight is 483 g/mol. The summed E-state index contributed by atoms with van der Waals surface area (Å²) in [5.41, 5.74) is 0.481. The van der Waals surface area contributed by atoms with E-state index in [0.29, 0.717) is 34.4 Å². The Balaban J connectivity index is 1.89. The van der Waals surface area contributed by atoms with Gasteiger partial charge in [0.1, 0.15) is 11.0 Å². The van der Waals surface area contributed by atoms with Crippen LogP contribution in [0.4, 0.5) is 15.5 Å². The Morgan fingerprint density at radius 1 is 1.23 bits per heavy atom. The van der Waals surface area contributed by atoms with Gasteiger partial charge in [0.25, 0.3) is 5.91 Å². The molecule has 0 spiro atoms. The van der Waals surface area contributed by atoms with E-state index in [0.717, 1.165) is 4.88 Å². The van der Waals surface area contributed by atoms with E-state index in [1.807, 2.05) is 20.8 Å². The van der Waals surface area contributed by atoms with Gasteiger partial charge in [-0.1, -0.05) is 50.0 Å². The van der Waals surface area contributed by atoms with E-state index in [4.69, 9.17) is 23.2 Å². The number of amides is 4. The van der Waals surface area contributed by atoms with Crippen LogP contribution in [-0.4, -0.2) is 41.9 Å². The predicted molar refractivity (Wildman–Crippen MR) is 126 cm³/mol. The predicted octanol–water partition coefficient (Wildman–Crippen LogP) is 4.96. The van der Waals surface area contributed by atoms with Gasteiger partial charge in [0.2, 0.25) is 5.91 Å². The number of thiophene rings is 1. The molecule has 31 heavy (non-hydrogen) atoms. The Hall–Kier alpha value is -2.29. The van der Waals surface area contributed by atoms with E-state index < -0.39 is 12.1 Å². The lowest BCUT2D eigenvalue weighted by molar-refractivity contribution is -0.127. The molecular weight excluding hydrogens is 459 g/mol. The molecule has 10 heteroatoms. The number of anilines is 2. The number of hydrogen-bond donors (Lipinski definition) is 3. The third-order valence-electron chi connectivity index (χ3n) is 4.89. The SMILES string of the molecule is CC1C(=O)NCCN1C(=O)c1cc(C(C)(C)C)sc1NC(=O)Nc1cccc(Cl)c1Cl. The number of benzene rings is 1. The second-order valence-corrected chi connectivity index (χ2v) is 10.1. The van der Waals surface area contributed by atoms with E-state index in [9.17, 15) is 14.4 Å². The number of halogens is 2. The van der Waals surface area contributed by atoms with E-state index in [1.165, 1.54) is 16.2 Å². The number of urea groups is 1. The zero-order valence-corrected chi connectivity index (χ0v) is 20.0. The van der Waals surface area contributed by atoms with Crippen LogP contribution >= 0.6 is 34.5 Å². The highest BCUT2D eigenvalue weighted by molar-refractivity contribution is 7.16. The fraction of sp³-hybridized carbons (Fsp3) is 0.381. The van der Waals surface area contributed by atoms with Crippen molar-refractivity contribution >= 4 is 63.1 Å². The molecule has 1 atom stereocenters. The largest absolute Gasteiger partial charge is 0.353 e. The maximum atomic E-state index is 13.3. The molecule has 4 amide bonds. The lowest BCUT2D eigenvalue weighted by atomic mass is 9.94. The number of nitrogens with zero attached hydrogens (tertiary/aromatic N) is 1. The van der Waals surface area contributed by atoms with Crippen LogP contribution in [0.1, 0.15) is 42.9 Å². The Morgan fingerprint density at radius 2 is 1.94 bits per heavy atom. The third kappa shape index (κ3) is 5.14. The maximum Gasteiger partial charge on any atom is 0.324 e. The molecule has 7 nitrogen and oxygen atoms in total. The first-order valence-corrected chi connectivity index (χ1v) is 11.3. The average Bonchev–Trinajstić information content (AvgIpc) is 3.11. The van der Waals surface area contributed by atoms with Gasteiger partial charge in [-0.15, -0.1) is 11.3 Å². The second-order valence-electron chi connectivity index (χ2n) is 8.25. The van der Waals surface area contributed by atoms with Gasteiger partial charge in [0, 0.05) is 18.0 Å². The summed E-state index contributed by atoms with van der Waals surface area (Å²) < 4.78 is 0.